The molecule has 16 heteroatoms. The summed E-state index contributed by atoms with van der Waals surface area (Å²) < 4.78 is 177. The number of hydrogen-bond donors (Lipinski definition) is 0. The smallest absolute Gasteiger partial charge is 0.460 e. The SMILES string of the molecule is CCCCCCCCCCCCCOc1ccc(C(=O)SCCC(F)(F)C(F)(F)C(F)(F)C(F)(F)C(F)(F)C(F)(F)F)cc1. The molecular weight excluding hydrogens is 647 g/mol. The minimum Gasteiger partial charge on any atom is -0.494 e. The van der Waals surface area contributed by atoms with E-state index in [1.54, 1.807) is 0 Å². The fraction of sp³-hybridized carbons (Fsp3) is 0.750. The van der Waals surface area contributed by atoms with E-state index in [-0.39, 0.29) is 17.3 Å². The highest BCUT2D eigenvalue weighted by molar-refractivity contribution is 8.14. The number of unbranched alkanes of at least 4 members (excludes halogenated alkanes) is 10. The van der Waals surface area contributed by atoms with E-state index < -0.39 is 53.1 Å². The van der Waals surface area contributed by atoms with Gasteiger partial charge in [-0.15, -0.1) is 0 Å². The van der Waals surface area contributed by atoms with Crippen molar-refractivity contribution in [1.29, 1.82) is 0 Å². The molecule has 0 aromatic heterocycles. The molecule has 0 fully saturated rings. The molecule has 0 heterocycles. The lowest BCUT2D eigenvalue weighted by Crippen LogP contribution is -2.70. The van der Waals surface area contributed by atoms with Crippen LogP contribution in [0.5, 0.6) is 5.75 Å². The first-order valence-electron chi connectivity index (χ1n) is 14.0. The van der Waals surface area contributed by atoms with Crippen molar-refractivity contribution in [2.45, 2.75) is 120 Å². The Balaban J connectivity index is 2.54. The Bertz CT molecular complexity index is 996. The molecule has 0 amide bonds. The number of benzene rings is 1. The van der Waals surface area contributed by atoms with Crippen LogP contribution in [0.2, 0.25) is 0 Å². The summed E-state index contributed by atoms with van der Waals surface area (Å²) in [5.74, 6) is -38.1. The number of hydrogen-bond acceptors (Lipinski definition) is 3. The van der Waals surface area contributed by atoms with Gasteiger partial charge in [-0.2, -0.15) is 57.1 Å². The molecule has 1 rings (SSSR count). The minimum absolute atomic E-state index is 0.110. The Labute approximate surface area is 251 Å². The Morgan fingerprint density at radius 1 is 0.614 bits per heavy atom. The molecule has 0 N–H and O–H groups in total. The van der Waals surface area contributed by atoms with Crippen LogP contribution in [0.25, 0.3) is 0 Å². The Morgan fingerprint density at radius 3 is 1.50 bits per heavy atom. The first kappa shape index (κ1) is 40.2. The molecule has 256 valence electrons. The zero-order valence-corrected chi connectivity index (χ0v) is 24.7. The second kappa shape index (κ2) is 16.6. The summed E-state index contributed by atoms with van der Waals surface area (Å²) in [4.78, 5) is 12.2. The zero-order chi connectivity index (χ0) is 33.9. The van der Waals surface area contributed by atoms with E-state index in [2.05, 4.69) is 6.92 Å². The van der Waals surface area contributed by atoms with E-state index >= 15 is 0 Å². The van der Waals surface area contributed by atoms with Crippen LogP contribution in [-0.2, 0) is 0 Å². The Kier molecular flexibility index (Phi) is 15.2. The summed E-state index contributed by atoms with van der Waals surface area (Å²) in [6.45, 7) is 2.54. The van der Waals surface area contributed by atoms with Crippen LogP contribution in [-0.4, -0.2) is 53.3 Å². The average molecular weight is 683 g/mol. The van der Waals surface area contributed by atoms with Gasteiger partial charge >= 0.3 is 35.8 Å². The maximum atomic E-state index is 13.9. The standard InChI is InChI=1S/C28H35F13O2S/c1-2-3-4-5-6-7-8-9-10-11-12-18-43-21-15-13-20(14-16-21)22(42)44-19-17-23(29,30)24(31,32)25(33,34)26(35,36)27(37,38)28(39,40)41/h13-16H,2-12,17-19H2,1H3. The Hall–Kier alpha value is -1.87. The van der Waals surface area contributed by atoms with Crippen LogP contribution >= 0.6 is 11.8 Å². The maximum absolute atomic E-state index is 13.9. The number of rotatable bonds is 21. The molecule has 0 unspecified atom stereocenters. The molecule has 2 nitrogen and oxygen atoms in total. The third-order valence-electron chi connectivity index (χ3n) is 6.75. The van der Waals surface area contributed by atoms with Crippen LogP contribution in [0.15, 0.2) is 24.3 Å². The first-order chi connectivity index (χ1) is 20.2. The Morgan fingerprint density at radius 2 is 1.05 bits per heavy atom. The van der Waals surface area contributed by atoms with Gasteiger partial charge < -0.3 is 4.74 Å². The van der Waals surface area contributed by atoms with Gasteiger partial charge in [-0.25, -0.2) is 0 Å². The van der Waals surface area contributed by atoms with E-state index in [0.29, 0.717) is 12.4 Å². The second-order valence-corrected chi connectivity index (χ2v) is 11.4. The molecule has 44 heavy (non-hydrogen) atoms. The third-order valence-corrected chi connectivity index (χ3v) is 7.66. The molecule has 0 saturated carbocycles. The monoisotopic (exact) mass is 682 g/mol. The predicted molar refractivity (Wildman–Crippen MR) is 141 cm³/mol. The van der Waals surface area contributed by atoms with Gasteiger partial charge in [0.1, 0.15) is 5.75 Å². The van der Waals surface area contributed by atoms with Crippen molar-refractivity contribution in [3.63, 3.8) is 0 Å². The summed E-state index contributed by atoms with van der Waals surface area (Å²) >= 11 is -0.110. The van der Waals surface area contributed by atoms with Crippen LogP contribution in [0, 0.1) is 0 Å². The highest BCUT2D eigenvalue weighted by Gasteiger charge is 2.90. The molecule has 0 atom stereocenters. The van der Waals surface area contributed by atoms with Crippen molar-refractivity contribution >= 4 is 16.9 Å². The van der Waals surface area contributed by atoms with Gasteiger partial charge in [0.15, 0.2) is 0 Å². The first-order valence-corrected chi connectivity index (χ1v) is 15.0. The van der Waals surface area contributed by atoms with E-state index in [1.807, 2.05) is 0 Å². The summed E-state index contributed by atoms with van der Waals surface area (Å²) in [6.07, 6.45) is 2.61. The van der Waals surface area contributed by atoms with Crippen molar-refractivity contribution in [2.75, 3.05) is 12.4 Å². The molecule has 0 spiro atoms. The van der Waals surface area contributed by atoms with Crippen LogP contribution in [0.3, 0.4) is 0 Å². The molecule has 0 bridgehead atoms. The van der Waals surface area contributed by atoms with E-state index in [9.17, 15) is 61.9 Å². The van der Waals surface area contributed by atoms with Crippen molar-refractivity contribution in [3.8, 4) is 5.75 Å². The lowest BCUT2D eigenvalue weighted by molar-refractivity contribution is -0.439. The van der Waals surface area contributed by atoms with Crippen LogP contribution < -0.4 is 4.74 Å². The fourth-order valence-corrected chi connectivity index (χ4v) is 4.80. The fourth-order valence-electron chi connectivity index (χ4n) is 3.96. The molecule has 1 aromatic carbocycles. The summed E-state index contributed by atoms with van der Waals surface area (Å²) in [5.41, 5.74) is -0.159. The molecule has 1 aromatic rings. The van der Waals surface area contributed by atoms with Crippen molar-refractivity contribution in [1.82, 2.24) is 0 Å². The van der Waals surface area contributed by atoms with E-state index in [1.165, 1.54) is 69.2 Å². The van der Waals surface area contributed by atoms with E-state index in [4.69, 9.17) is 4.74 Å². The van der Waals surface area contributed by atoms with Gasteiger partial charge in [0, 0.05) is 17.7 Å². The van der Waals surface area contributed by atoms with Gasteiger partial charge in [0.05, 0.1) is 6.61 Å². The average Bonchev–Trinajstić information content (AvgIpc) is 2.92. The van der Waals surface area contributed by atoms with Crippen LogP contribution in [0.4, 0.5) is 57.1 Å². The number of carbonyl (C=O) groups excluding carboxylic acids is 1. The molecule has 0 aliphatic heterocycles. The lowest BCUT2D eigenvalue weighted by atomic mass is 9.93. The highest BCUT2D eigenvalue weighted by Crippen LogP contribution is 2.60. The molecule has 0 radical (unpaired) electrons. The number of carbonyl (C=O) groups is 1. The number of ether oxygens (including phenoxy) is 1. The lowest BCUT2D eigenvalue weighted by Gasteiger charge is -2.39. The maximum Gasteiger partial charge on any atom is 0.460 e. The summed E-state index contributed by atoms with van der Waals surface area (Å²) in [7, 11) is 0. The number of alkyl halides is 13. The largest absolute Gasteiger partial charge is 0.494 e. The number of thioether (sulfide) groups is 1. The van der Waals surface area contributed by atoms with Gasteiger partial charge in [-0.05, 0) is 30.7 Å². The van der Waals surface area contributed by atoms with Crippen molar-refractivity contribution < 1.29 is 66.6 Å². The third kappa shape index (κ3) is 10.1. The zero-order valence-electron chi connectivity index (χ0n) is 23.8. The summed E-state index contributed by atoms with van der Waals surface area (Å²) in [5, 5.41) is -1.03. The quantitative estimate of drug-likeness (QED) is 0.0954. The molecular formula is C28H35F13O2S. The second-order valence-electron chi connectivity index (χ2n) is 10.3. The highest BCUT2D eigenvalue weighted by atomic mass is 32.2. The topological polar surface area (TPSA) is 26.3 Å². The van der Waals surface area contributed by atoms with Gasteiger partial charge in [0.25, 0.3) is 0 Å². The minimum atomic E-state index is -7.94. The van der Waals surface area contributed by atoms with Crippen molar-refractivity contribution in [3.05, 3.63) is 29.8 Å². The van der Waals surface area contributed by atoms with Gasteiger partial charge in [-0.3, -0.25) is 4.79 Å². The summed E-state index contributed by atoms with van der Waals surface area (Å²) in [6, 6.07) is 5.06. The molecule has 0 saturated heterocycles. The molecule has 0 aliphatic rings. The van der Waals surface area contributed by atoms with Crippen molar-refractivity contribution in [2.24, 2.45) is 0 Å². The molecule has 0 aliphatic carbocycles. The van der Waals surface area contributed by atoms with Gasteiger partial charge in [0.2, 0.25) is 5.12 Å². The van der Waals surface area contributed by atoms with E-state index in [0.717, 1.165) is 25.7 Å². The van der Waals surface area contributed by atoms with Crippen LogP contribution in [0.1, 0.15) is 94.3 Å². The number of halogens is 13. The normalized spacial score (nSPS) is 13.8. The van der Waals surface area contributed by atoms with Gasteiger partial charge in [-0.1, -0.05) is 82.9 Å². The predicted octanol–water partition coefficient (Wildman–Crippen LogP) is 11.4.